The van der Waals surface area contributed by atoms with Gasteiger partial charge in [0.05, 0.1) is 28.2 Å². The molecule has 0 aliphatic rings. The first-order valence-electron chi connectivity index (χ1n) is 6.21. The number of nitrogens with two attached hydrogens (primary N) is 1. The maximum atomic E-state index is 11.8. The fourth-order valence-electron chi connectivity index (χ4n) is 2.23. The number of aromatic nitrogens is 3. The largest absolute Gasteiger partial charge is 0.369 e. The van der Waals surface area contributed by atoms with Crippen molar-refractivity contribution in [1.29, 1.82) is 0 Å². The number of nitrogen functional groups attached to an aromatic ring is 1. The van der Waals surface area contributed by atoms with E-state index in [1.807, 2.05) is 17.6 Å². The second kappa shape index (κ2) is 4.81. The first-order chi connectivity index (χ1) is 9.88. The van der Waals surface area contributed by atoms with E-state index in [1.54, 1.807) is 29.0 Å². The maximum absolute atomic E-state index is 11.8. The number of thiazole rings is 1. The van der Waals surface area contributed by atoms with Gasteiger partial charge in [-0.15, -0.1) is 11.3 Å². The van der Waals surface area contributed by atoms with Gasteiger partial charge in [-0.25, -0.2) is 18.4 Å². The topological polar surface area (TPSA) is 90.9 Å². The summed E-state index contributed by atoms with van der Waals surface area (Å²) in [5.41, 5.74) is 9.83. The predicted octanol–water partition coefficient (Wildman–Crippen LogP) is 1.84. The Morgan fingerprint density at radius 1 is 1.38 bits per heavy atom. The van der Waals surface area contributed by atoms with Crippen LogP contribution in [0, 0.1) is 6.92 Å². The van der Waals surface area contributed by atoms with E-state index in [0.717, 1.165) is 10.6 Å². The van der Waals surface area contributed by atoms with Gasteiger partial charge in [-0.1, -0.05) is 6.07 Å². The summed E-state index contributed by atoms with van der Waals surface area (Å²) in [6.45, 7) is 2.47. The van der Waals surface area contributed by atoms with Gasteiger partial charge in [0.25, 0.3) is 0 Å². The number of nitrogens with zero attached hydrogens (tertiary/aromatic N) is 3. The molecule has 110 valence electrons. The van der Waals surface area contributed by atoms with E-state index in [9.17, 15) is 8.42 Å². The zero-order chi connectivity index (χ0) is 15.2. The number of hydrogen-bond acceptors (Lipinski definition) is 6. The molecule has 0 aliphatic carbocycles. The van der Waals surface area contributed by atoms with Crippen LogP contribution in [0.1, 0.15) is 10.6 Å². The third-order valence-electron chi connectivity index (χ3n) is 3.32. The van der Waals surface area contributed by atoms with Crippen LogP contribution < -0.4 is 5.73 Å². The van der Waals surface area contributed by atoms with Crippen molar-refractivity contribution in [2.75, 3.05) is 12.0 Å². The number of rotatable bonds is 3. The molecule has 0 bridgehead atoms. The van der Waals surface area contributed by atoms with Crippen molar-refractivity contribution in [1.82, 2.24) is 14.5 Å². The molecule has 2 N–H and O–H groups in total. The Bertz CT molecular complexity index is 925. The molecular formula is C13H14N4O2S2. The lowest BCUT2D eigenvalue weighted by molar-refractivity contribution is 0.602. The zero-order valence-corrected chi connectivity index (χ0v) is 13.2. The first kappa shape index (κ1) is 14.0. The van der Waals surface area contributed by atoms with E-state index in [-0.39, 0.29) is 4.90 Å². The molecule has 3 aromatic rings. The number of anilines is 1. The monoisotopic (exact) mass is 322 g/mol. The molecule has 6 nitrogen and oxygen atoms in total. The Kier molecular flexibility index (Phi) is 3.22. The molecule has 0 unspecified atom stereocenters. The van der Waals surface area contributed by atoms with E-state index in [4.69, 9.17) is 5.73 Å². The highest BCUT2D eigenvalue weighted by Gasteiger charge is 2.18. The van der Waals surface area contributed by atoms with Crippen LogP contribution in [0.4, 0.5) is 5.95 Å². The molecule has 0 spiro atoms. The van der Waals surface area contributed by atoms with Crippen LogP contribution in [0.2, 0.25) is 0 Å². The standard InChI is InChI=1S/C13H14N4O2S2/c1-8-10(20-7-15-8)6-17-9-4-3-5-11(21(2,18)19)12(9)16-13(17)14/h3-5,7H,6H2,1-2H3,(H2,14,16). The van der Waals surface area contributed by atoms with Gasteiger partial charge in [0.2, 0.25) is 5.95 Å². The van der Waals surface area contributed by atoms with E-state index in [1.165, 1.54) is 6.26 Å². The van der Waals surface area contributed by atoms with E-state index >= 15 is 0 Å². The average molecular weight is 322 g/mol. The summed E-state index contributed by atoms with van der Waals surface area (Å²) in [6, 6.07) is 5.08. The molecule has 21 heavy (non-hydrogen) atoms. The molecule has 0 aliphatic heterocycles. The molecule has 0 atom stereocenters. The van der Waals surface area contributed by atoms with Gasteiger partial charge in [-0.3, -0.25) is 0 Å². The van der Waals surface area contributed by atoms with Crippen LogP contribution in [-0.2, 0) is 16.4 Å². The molecule has 3 rings (SSSR count). The Labute approximate surface area is 126 Å². The van der Waals surface area contributed by atoms with Crippen molar-refractivity contribution in [3.8, 4) is 0 Å². The van der Waals surface area contributed by atoms with Crippen LogP contribution in [0.25, 0.3) is 11.0 Å². The summed E-state index contributed by atoms with van der Waals surface area (Å²) < 4.78 is 25.5. The van der Waals surface area contributed by atoms with Gasteiger partial charge in [0, 0.05) is 11.1 Å². The van der Waals surface area contributed by atoms with Crippen molar-refractivity contribution in [3.63, 3.8) is 0 Å². The Morgan fingerprint density at radius 3 is 2.76 bits per heavy atom. The van der Waals surface area contributed by atoms with Crippen molar-refractivity contribution in [3.05, 3.63) is 34.3 Å². The summed E-state index contributed by atoms with van der Waals surface area (Å²) in [4.78, 5) is 9.72. The summed E-state index contributed by atoms with van der Waals surface area (Å²) in [7, 11) is -3.34. The van der Waals surface area contributed by atoms with Gasteiger partial charge in [0.1, 0.15) is 5.52 Å². The minimum absolute atomic E-state index is 0.200. The number of imidazole rings is 1. The molecule has 8 heteroatoms. The zero-order valence-electron chi connectivity index (χ0n) is 11.6. The number of para-hydroxylation sites is 1. The number of benzene rings is 1. The van der Waals surface area contributed by atoms with Gasteiger partial charge < -0.3 is 10.3 Å². The third kappa shape index (κ3) is 2.40. The molecule has 2 heterocycles. The molecule has 0 fully saturated rings. The SMILES string of the molecule is Cc1ncsc1Cn1c(N)nc2c(S(C)(=O)=O)cccc21. The van der Waals surface area contributed by atoms with Crippen LogP contribution in [0.5, 0.6) is 0 Å². The summed E-state index contributed by atoms with van der Waals surface area (Å²) in [5.74, 6) is 0.300. The highest BCUT2D eigenvalue weighted by molar-refractivity contribution is 7.91. The highest BCUT2D eigenvalue weighted by atomic mass is 32.2. The lowest BCUT2D eigenvalue weighted by Gasteiger charge is -2.05. The number of aryl methyl sites for hydroxylation is 1. The van der Waals surface area contributed by atoms with Gasteiger partial charge in [-0.2, -0.15) is 0 Å². The van der Waals surface area contributed by atoms with Gasteiger partial charge >= 0.3 is 0 Å². The normalized spacial score (nSPS) is 12.1. The second-order valence-electron chi connectivity index (χ2n) is 4.81. The number of hydrogen-bond donors (Lipinski definition) is 1. The number of fused-ring (bicyclic) bond motifs is 1. The number of sulfone groups is 1. The lowest BCUT2D eigenvalue weighted by Crippen LogP contribution is -2.04. The minimum Gasteiger partial charge on any atom is -0.369 e. The van der Waals surface area contributed by atoms with Crippen molar-refractivity contribution >= 4 is 38.2 Å². The first-order valence-corrected chi connectivity index (χ1v) is 8.99. The van der Waals surface area contributed by atoms with Crippen LogP contribution in [-0.4, -0.2) is 29.2 Å². The van der Waals surface area contributed by atoms with Crippen molar-refractivity contribution < 1.29 is 8.42 Å². The predicted molar refractivity (Wildman–Crippen MR) is 83.2 cm³/mol. The second-order valence-corrected chi connectivity index (χ2v) is 7.74. The van der Waals surface area contributed by atoms with Crippen molar-refractivity contribution in [2.45, 2.75) is 18.4 Å². The molecule has 0 saturated carbocycles. The Hall–Kier alpha value is -1.93. The fraction of sp³-hybridized carbons (Fsp3) is 0.231. The minimum atomic E-state index is -3.34. The summed E-state index contributed by atoms with van der Waals surface area (Å²) in [5, 5.41) is 0. The molecule has 0 saturated heterocycles. The van der Waals surface area contributed by atoms with E-state index in [0.29, 0.717) is 23.5 Å². The van der Waals surface area contributed by atoms with Gasteiger partial charge in [-0.05, 0) is 19.1 Å². The molecular weight excluding hydrogens is 308 g/mol. The molecule has 0 amide bonds. The van der Waals surface area contributed by atoms with Crippen molar-refractivity contribution in [2.24, 2.45) is 0 Å². The Morgan fingerprint density at radius 2 is 2.14 bits per heavy atom. The molecule has 2 aromatic heterocycles. The molecule has 1 aromatic carbocycles. The Balaban J connectivity index is 2.21. The van der Waals surface area contributed by atoms with E-state index in [2.05, 4.69) is 9.97 Å². The van der Waals surface area contributed by atoms with Gasteiger partial charge in [0.15, 0.2) is 9.84 Å². The van der Waals surface area contributed by atoms with Crippen LogP contribution >= 0.6 is 11.3 Å². The lowest BCUT2D eigenvalue weighted by atomic mass is 10.3. The van der Waals surface area contributed by atoms with E-state index < -0.39 is 9.84 Å². The van der Waals surface area contributed by atoms with Crippen LogP contribution in [0.15, 0.2) is 28.6 Å². The van der Waals surface area contributed by atoms with Crippen LogP contribution in [0.3, 0.4) is 0 Å². The fourth-order valence-corrected chi connectivity index (χ4v) is 3.82. The average Bonchev–Trinajstić information content (AvgIpc) is 2.93. The summed E-state index contributed by atoms with van der Waals surface area (Å²) in [6.07, 6.45) is 1.17. The summed E-state index contributed by atoms with van der Waals surface area (Å²) >= 11 is 1.54. The maximum Gasteiger partial charge on any atom is 0.201 e. The smallest absolute Gasteiger partial charge is 0.201 e. The third-order valence-corrected chi connectivity index (χ3v) is 5.37. The molecule has 0 radical (unpaired) electrons. The quantitative estimate of drug-likeness (QED) is 0.794. The highest BCUT2D eigenvalue weighted by Crippen LogP contribution is 2.26.